The van der Waals surface area contributed by atoms with Crippen LogP contribution < -0.4 is 9.46 Å². The number of hydrogen-bond donors (Lipinski definition) is 0. The van der Waals surface area contributed by atoms with Gasteiger partial charge in [-0.25, -0.2) is 0 Å². The number of rotatable bonds is 1. The molecular weight excluding hydrogens is 300 g/mol. The fourth-order valence-corrected chi connectivity index (χ4v) is 3.35. The quantitative estimate of drug-likeness (QED) is 0.398. The minimum Gasteiger partial charge on any atom is -0.618 e. The molecule has 0 spiro atoms. The average molecular weight is 316 g/mol. The van der Waals surface area contributed by atoms with E-state index in [0.29, 0.717) is 11.0 Å². The summed E-state index contributed by atoms with van der Waals surface area (Å²) >= 11 is 0. The Labute approximate surface area is 139 Å². The molecule has 24 heavy (non-hydrogen) atoms. The maximum Gasteiger partial charge on any atom is 0.231 e. The maximum atomic E-state index is 12.5. The number of aromatic nitrogens is 2. The molecule has 0 N–H and O–H groups in total. The Balaban J connectivity index is 2.15. The molecule has 0 saturated carbocycles. The van der Waals surface area contributed by atoms with E-state index >= 15 is 0 Å². The number of benzene rings is 2. The van der Waals surface area contributed by atoms with Crippen molar-refractivity contribution in [3.8, 4) is 11.1 Å². The normalized spacial score (nSPS) is 11.2. The number of pyridine rings is 2. The molecule has 0 unspecified atom stereocenters. The lowest BCUT2D eigenvalue weighted by Gasteiger charge is -2.11. The third-order valence-corrected chi connectivity index (χ3v) is 4.27. The monoisotopic (exact) mass is 316 g/mol. The van der Waals surface area contributed by atoms with E-state index in [4.69, 9.17) is 0 Å². The molecular formula is C20H16N2O2. The number of fused-ring (bicyclic) bond motifs is 2. The third-order valence-electron chi connectivity index (χ3n) is 4.27. The lowest BCUT2D eigenvalue weighted by molar-refractivity contribution is -0.578. The molecule has 118 valence electrons. The van der Waals surface area contributed by atoms with E-state index in [-0.39, 0.29) is 0 Å². The molecule has 2 heterocycles. The molecule has 0 bridgehead atoms. The Bertz CT molecular complexity index is 1010. The van der Waals surface area contributed by atoms with Crippen molar-refractivity contribution in [2.24, 2.45) is 0 Å². The van der Waals surface area contributed by atoms with Gasteiger partial charge in [0.25, 0.3) is 0 Å². The highest BCUT2D eigenvalue weighted by molar-refractivity contribution is 6.00. The third kappa shape index (κ3) is 2.15. The van der Waals surface area contributed by atoms with Crippen LogP contribution in [0.3, 0.4) is 0 Å². The molecule has 0 fully saturated rings. The molecule has 0 aliphatic carbocycles. The number of aryl methyl sites for hydroxylation is 2. The highest BCUT2D eigenvalue weighted by Gasteiger charge is 2.19. The van der Waals surface area contributed by atoms with Gasteiger partial charge in [0.05, 0.1) is 11.1 Å². The van der Waals surface area contributed by atoms with Crippen molar-refractivity contribution in [1.29, 1.82) is 0 Å². The van der Waals surface area contributed by atoms with Crippen molar-refractivity contribution in [1.82, 2.24) is 0 Å². The molecule has 0 radical (unpaired) electrons. The first-order chi connectivity index (χ1) is 11.5. The van der Waals surface area contributed by atoms with Crippen LogP contribution >= 0.6 is 0 Å². The van der Waals surface area contributed by atoms with Gasteiger partial charge in [0, 0.05) is 21.9 Å². The van der Waals surface area contributed by atoms with Gasteiger partial charge in [0.2, 0.25) is 11.0 Å². The van der Waals surface area contributed by atoms with Gasteiger partial charge in [-0.1, -0.05) is 12.1 Å². The molecule has 4 aromatic rings. The predicted octanol–water partition coefficient (Wildman–Crippen LogP) is 3.54. The van der Waals surface area contributed by atoms with Crippen LogP contribution in [0.15, 0.2) is 60.9 Å². The van der Waals surface area contributed by atoms with Crippen LogP contribution in [0, 0.1) is 24.3 Å². The second-order valence-corrected chi connectivity index (χ2v) is 6.17. The fourth-order valence-electron chi connectivity index (χ4n) is 3.35. The van der Waals surface area contributed by atoms with E-state index < -0.39 is 0 Å². The van der Waals surface area contributed by atoms with Crippen LogP contribution in [0.4, 0.5) is 0 Å². The van der Waals surface area contributed by atoms with E-state index in [0.717, 1.165) is 42.5 Å². The van der Waals surface area contributed by atoms with Crippen molar-refractivity contribution < 1.29 is 9.46 Å². The minimum atomic E-state index is 0.580. The molecule has 4 rings (SSSR count). The zero-order valence-electron chi connectivity index (χ0n) is 13.5. The van der Waals surface area contributed by atoms with Crippen LogP contribution in [0.5, 0.6) is 0 Å². The van der Waals surface area contributed by atoms with E-state index in [9.17, 15) is 10.4 Å². The van der Waals surface area contributed by atoms with Gasteiger partial charge in [0.15, 0.2) is 12.4 Å². The van der Waals surface area contributed by atoms with Gasteiger partial charge in [-0.05, 0) is 50.2 Å². The molecule has 0 atom stereocenters. The second kappa shape index (κ2) is 5.20. The summed E-state index contributed by atoms with van der Waals surface area (Å²) in [7, 11) is 0. The van der Waals surface area contributed by atoms with E-state index in [2.05, 4.69) is 0 Å². The summed E-state index contributed by atoms with van der Waals surface area (Å²) in [4.78, 5) is 0. The van der Waals surface area contributed by atoms with Crippen LogP contribution in [0.25, 0.3) is 32.9 Å². The topological polar surface area (TPSA) is 53.9 Å². The zero-order chi connectivity index (χ0) is 16.8. The van der Waals surface area contributed by atoms with E-state index in [1.54, 1.807) is 12.4 Å². The standard InChI is InChI=1S/C20H16N2O2/c1-13-9-15-5-3-7-17(19(15)21(23)11-13)18-8-4-6-16-10-14(2)12-22(24)20(16)18/h3-12H,1-2H3. The Kier molecular flexibility index (Phi) is 3.13. The summed E-state index contributed by atoms with van der Waals surface area (Å²) < 4.78 is 1.78. The summed E-state index contributed by atoms with van der Waals surface area (Å²) in [5.41, 5.74) is 4.50. The van der Waals surface area contributed by atoms with Crippen LogP contribution in [-0.2, 0) is 0 Å². The van der Waals surface area contributed by atoms with Crippen molar-refractivity contribution in [3.63, 3.8) is 0 Å². The summed E-state index contributed by atoms with van der Waals surface area (Å²) in [5, 5.41) is 26.7. The predicted molar refractivity (Wildman–Crippen MR) is 94.3 cm³/mol. The Morgan fingerprint density at radius 1 is 0.667 bits per heavy atom. The van der Waals surface area contributed by atoms with E-state index in [1.807, 2.05) is 62.4 Å². The van der Waals surface area contributed by atoms with Gasteiger partial charge >= 0.3 is 0 Å². The van der Waals surface area contributed by atoms with E-state index in [1.165, 1.54) is 0 Å². The summed E-state index contributed by atoms with van der Waals surface area (Å²) in [6.07, 6.45) is 3.12. The lowest BCUT2D eigenvalue weighted by Crippen LogP contribution is -2.29. The largest absolute Gasteiger partial charge is 0.618 e. The SMILES string of the molecule is Cc1cc2cccc(-c3cccc4cc(C)c[n+]([O-])c34)c2[n+]([O-])c1. The Morgan fingerprint density at radius 3 is 1.50 bits per heavy atom. The highest BCUT2D eigenvalue weighted by atomic mass is 16.5. The first-order valence-corrected chi connectivity index (χ1v) is 7.80. The maximum absolute atomic E-state index is 12.5. The molecule has 0 amide bonds. The number of nitrogens with zero attached hydrogens (tertiary/aromatic N) is 2. The van der Waals surface area contributed by atoms with Crippen molar-refractivity contribution >= 4 is 21.8 Å². The van der Waals surface area contributed by atoms with Gasteiger partial charge in [-0.3, -0.25) is 0 Å². The van der Waals surface area contributed by atoms with Crippen LogP contribution in [0.1, 0.15) is 11.1 Å². The van der Waals surface area contributed by atoms with Crippen molar-refractivity contribution in [2.45, 2.75) is 13.8 Å². The van der Waals surface area contributed by atoms with Crippen LogP contribution in [0.2, 0.25) is 0 Å². The molecule has 2 aromatic carbocycles. The molecule has 0 aliphatic heterocycles. The Hall–Kier alpha value is -3.14. The van der Waals surface area contributed by atoms with Gasteiger partial charge in [-0.15, -0.1) is 0 Å². The molecule has 2 aromatic heterocycles. The first kappa shape index (κ1) is 14.5. The lowest BCUT2D eigenvalue weighted by atomic mass is 9.98. The van der Waals surface area contributed by atoms with Crippen molar-refractivity contribution in [2.75, 3.05) is 0 Å². The zero-order valence-corrected chi connectivity index (χ0v) is 13.5. The molecule has 4 heteroatoms. The van der Waals surface area contributed by atoms with Gasteiger partial charge in [-0.2, -0.15) is 9.46 Å². The molecule has 0 aliphatic rings. The fraction of sp³-hybridized carbons (Fsp3) is 0.100. The average Bonchev–Trinajstić information content (AvgIpc) is 2.53. The second-order valence-electron chi connectivity index (χ2n) is 6.17. The number of hydrogen-bond acceptors (Lipinski definition) is 2. The van der Waals surface area contributed by atoms with Gasteiger partial charge in [0.1, 0.15) is 0 Å². The number of para-hydroxylation sites is 2. The summed E-state index contributed by atoms with van der Waals surface area (Å²) in [5.74, 6) is 0. The highest BCUT2D eigenvalue weighted by Crippen LogP contribution is 2.31. The minimum absolute atomic E-state index is 0.580. The molecule has 0 saturated heterocycles. The Morgan fingerprint density at radius 2 is 1.08 bits per heavy atom. The summed E-state index contributed by atoms with van der Waals surface area (Å²) in [6.45, 7) is 3.79. The van der Waals surface area contributed by atoms with Crippen LogP contribution in [-0.4, -0.2) is 0 Å². The first-order valence-electron chi connectivity index (χ1n) is 7.80. The molecule has 4 nitrogen and oxygen atoms in total. The van der Waals surface area contributed by atoms with Gasteiger partial charge < -0.3 is 10.4 Å². The van der Waals surface area contributed by atoms with Crippen molar-refractivity contribution in [3.05, 3.63) is 82.5 Å². The smallest absolute Gasteiger partial charge is 0.231 e. The summed E-state index contributed by atoms with van der Waals surface area (Å²) in [6, 6.07) is 15.4.